The van der Waals surface area contributed by atoms with Gasteiger partial charge in [-0.1, -0.05) is 42.5 Å². The Kier molecular flexibility index (Phi) is 13.3. The third-order valence-electron chi connectivity index (χ3n) is 13.9. The summed E-state index contributed by atoms with van der Waals surface area (Å²) in [7, 11) is 0.842. The van der Waals surface area contributed by atoms with Gasteiger partial charge in [-0.25, -0.2) is 4.98 Å². The monoisotopic (exact) mass is 1040 g/mol. The molecule has 0 bridgehead atoms. The number of nitrogens with one attached hydrogen (secondary N) is 3. The van der Waals surface area contributed by atoms with Crippen LogP contribution in [0.15, 0.2) is 102 Å². The molecule has 0 aliphatic carbocycles. The number of benzene rings is 4. The zero-order chi connectivity index (χ0) is 49.6. The first-order valence-electron chi connectivity index (χ1n) is 23.8. The van der Waals surface area contributed by atoms with Crippen LogP contribution in [0.3, 0.4) is 0 Å². The van der Waals surface area contributed by atoms with E-state index in [1.54, 1.807) is 43.5 Å². The van der Waals surface area contributed by atoms with Crippen molar-refractivity contribution in [2.24, 2.45) is 13.0 Å². The van der Waals surface area contributed by atoms with Crippen LogP contribution in [-0.2, 0) is 21.2 Å². The van der Waals surface area contributed by atoms with Gasteiger partial charge in [-0.2, -0.15) is 10.1 Å². The molecule has 4 aliphatic rings. The largest absolute Gasteiger partial charge is 0.494 e. The number of imide groups is 2. The Bertz CT molecular complexity index is 3110. The molecular formula is C52H55BrN11O6P. The number of rotatable bonds is 13. The van der Waals surface area contributed by atoms with Crippen LogP contribution >= 0.6 is 23.1 Å². The minimum Gasteiger partial charge on any atom is -0.494 e. The van der Waals surface area contributed by atoms with Gasteiger partial charge in [0.2, 0.25) is 17.8 Å². The van der Waals surface area contributed by atoms with Gasteiger partial charge < -0.3 is 29.7 Å². The van der Waals surface area contributed by atoms with Crippen molar-refractivity contribution in [3.8, 4) is 28.0 Å². The van der Waals surface area contributed by atoms with E-state index in [-0.39, 0.29) is 12.8 Å². The number of fused-ring (bicyclic) bond motifs is 1. The standard InChI is InChI=1S/C52H55BrN11O6P/c1-60-31-35(28-55-60)37-26-40(57-52-54-29-38(53)48(59-52)56-39-14-13-34(25-45(39)71(3,4)69)33-9-6-5-7-10-33)44(70-2)27-43(37)62-19-17-32(18-20-62)30-61-21-23-63(24-22-61)41-12-8-11-36-47(41)51(68)64(50(36)67)42-15-16-46(65)58-49(42)66/h5-14,25-29,31-32,42H,15-24,30H2,1-4H3,(H,58,65,66)(H2,54,56,57,59). The van der Waals surface area contributed by atoms with Crippen LogP contribution < -0.4 is 35.8 Å². The lowest BCUT2D eigenvalue weighted by atomic mass is 9.94. The molecule has 6 heterocycles. The van der Waals surface area contributed by atoms with E-state index in [2.05, 4.69) is 68.8 Å². The number of aryl methyl sites for hydroxylation is 1. The number of piperidine rings is 2. The molecule has 366 valence electrons. The average molecular weight is 1040 g/mol. The smallest absolute Gasteiger partial charge is 0.264 e. The Hall–Kier alpha value is -6.88. The van der Waals surface area contributed by atoms with Crippen molar-refractivity contribution < 1.29 is 28.5 Å². The SMILES string of the molecule is COc1cc(N2CCC(CN3CCN(c4cccc5c4C(=O)N(C4CCC(=O)NC4=O)C5=O)CC3)CC2)c(-c2cnn(C)c2)cc1Nc1ncc(Br)c(Nc2ccc(-c3ccccc3)cc2P(C)(C)=O)n1. The number of halogens is 1. The Balaban J connectivity index is 0.809. The fraction of sp³-hybridized carbons (Fsp3) is 0.327. The van der Waals surface area contributed by atoms with Crippen molar-refractivity contribution in [1.29, 1.82) is 0 Å². The summed E-state index contributed by atoms with van der Waals surface area (Å²) in [5, 5.41) is 14.4. The van der Waals surface area contributed by atoms with Gasteiger partial charge in [0.25, 0.3) is 11.8 Å². The number of methoxy groups -OCH3 is 1. The quantitative estimate of drug-likeness (QED) is 0.0763. The molecule has 10 rings (SSSR count). The summed E-state index contributed by atoms with van der Waals surface area (Å²) in [6.07, 6.45) is 7.75. The molecule has 0 radical (unpaired) electrons. The van der Waals surface area contributed by atoms with Crippen molar-refractivity contribution >= 4 is 86.5 Å². The predicted octanol–water partition coefficient (Wildman–Crippen LogP) is 7.49. The average Bonchev–Trinajstić information content (AvgIpc) is 3.92. The highest BCUT2D eigenvalue weighted by molar-refractivity contribution is 9.10. The van der Waals surface area contributed by atoms with E-state index < -0.39 is 36.8 Å². The molecule has 6 aromatic rings. The maximum Gasteiger partial charge on any atom is 0.264 e. The van der Waals surface area contributed by atoms with E-state index in [1.165, 1.54) is 0 Å². The molecule has 3 N–H and O–H groups in total. The van der Waals surface area contributed by atoms with Gasteiger partial charge in [0.15, 0.2) is 0 Å². The highest BCUT2D eigenvalue weighted by Gasteiger charge is 2.46. The fourth-order valence-corrected chi connectivity index (χ4v) is 11.6. The number of piperazine rings is 1. The Labute approximate surface area is 420 Å². The Morgan fingerprint density at radius 1 is 0.775 bits per heavy atom. The Morgan fingerprint density at radius 3 is 2.24 bits per heavy atom. The summed E-state index contributed by atoms with van der Waals surface area (Å²) in [5.74, 6) is -0.0256. The molecule has 0 spiro atoms. The molecule has 19 heteroatoms. The van der Waals surface area contributed by atoms with Crippen molar-refractivity contribution in [2.75, 3.05) is 86.7 Å². The van der Waals surface area contributed by atoms with Crippen molar-refractivity contribution in [1.82, 2.24) is 34.9 Å². The van der Waals surface area contributed by atoms with E-state index in [0.29, 0.717) is 69.2 Å². The van der Waals surface area contributed by atoms with Crippen LogP contribution in [0.4, 0.5) is 34.5 Å². The van der Waals surface area contributed by atoms with Crippen LogP contribution in [-0.4, -0.2) is 125 Å². The van der Waals surface area contributed by atoms with Crippen LogP contribution in [0.2, 0.25) is 0 Å². The van der Waals surface area contributed by atoms with Crippen molar-refractivity contribution in [3.63, 3.8) is 0 Å². The number of carbonyl (C=O) groups is 4. The number of ether oxygens (including phenoxy) is 1. The molecule has 1 atom stereocenters. The van der Waals surface area contributed by atoms with Crippen molar-refractivity contribution in [2.45, 2.75) is 31.7 Å². The zero-order valence-electron chi connectivity index (χ0n) is 40.0. The topological polar surface area (TPSA) is 187 Å². The van der Waals surface area contributed by atoms with Crippen LogP contribution in [0.5, 0.6) is 5.75 Å². The van der Waals surface area contributed by atoms with Crippen LogP contribution in [0, 0.1) is 5.92 Å². The number of hydrogen-bond donors (Lipinski definition) is 3. The maximum absolute atomic E-state index is 13.8. The minimum absolute atomic E-state index is 0.0778. The number of nitrogens with zero attached hydrogens (tertiary/aromatic N) is 8. The van der Waals surface area contributed by atoms with Gasteiger partial charge >= 0.3 is 0 Å². The van der Waals surface area contributed by atoms with Gasteiger partial charge in [0.1, 0.15) is 24.8 Å². The van der Waals surface area contributed by atoms with E-state index >= 15 is 0 Å². The van der Waals surface area contributed by atoms with E-state index in [1.807, 2.05) is 74.0 Å². The van der Waals surface area contributed by atoms with Crippen LogP contribution in [0.25, 0.3) is 22.3 Å². The Morgan fingerprint density at radius 2 is 1.54 bits per heavy atom. The summed E-state index contributed by atoms with van der Waals surface area (Å²) >= 11 is 3.63. The second kappa shape index (κ2) is 19.7. The number of amides is 4. The number of carbonyl (C=O) groups excluding carboxylic acids is 4. The molecule has 4 aliphatic heterocycles. The van der Waals surface area contributed by atoms with Gasteiger partial charge in [0, 0.05) is 99.9 Å². The highest BCUT2D eigenvalue weighted by Crippen LogP contribution is 2.43. The second-order valence-electron chi connectivity index (χ2n) is 18.9. The summed E-state index contributed by atoms with van der Waals surface area (Å²) in [6, 6.07) is 24.4. The molecular weight excluding hydrogens is 986 g/mol. The predicted molar refractivity (Wildman–Crippen MR) is 279 cm³/mol. The molecule has 1 unspecified atom stereocenters. The normalized spacial score (nSPS) is 17.9. The minimum atomic E-state index is -2.72. The number of hydrogen-bond acceptors (Lipinski definition) is 14. The third-order valence-corrected chi connectivity index (χ3v) is 16.0. The highest BCUT2D eigenvalue weighted by atomic mass is 79.9. The first-order chi connectivity index (χ1) is 34.2. The first kappa shape index (κ1) is 47.8. The van der Waals surface area contributed by atoms with Gasteiger partial charge in [-0.3, -0.25) is 39.0 Å². The lowest BCUT2D eigenvalue weighted by Crippen LogP contribution is -2.54. The molecule has 3 fully saturated rings. The van der Waals surface area contributed by atoms with Gasteiger partial charge in [-0.05, 0) is 95.9 Å². The van der Waals surface area contributed by atoms with Crippen molar-refractivity contribution in [3.05, 3.63) is 113 Å². The van der Waals surface area contributed by atoms with Gasteiger partial charge in [0.05, 0.1) is 46.0 Å². The van der Waals surface area contributed by atoms with E-state index in [0.717, 1.165) is 83.7 Å². The summed E-state index contributed by atoms with van der Waals surface area (Å²) < 4.78 is 22.1. The summed E-state index contributed by atoms with van der Waals surface area (Å²) in [5.41, 5.74) is 7.73. The fourth-order valence-electron chi connectivity index (χ4n) is 10.2. The maximum atomic E-state index is 13.8. The van der Waals surface area contributed by atoms with Crippen LogP contribution in [0.1, 0.15) is 46.4 Å². The molecule has 4 amide bonds. The van der Waals surface area contributed by atoms with E-state index in [4.69, 9.17) is 9.72 Å². The van der Waals surface area contributed by atoms with Gasteiger partial charge in [-0.15, -0.1) is 0 Å². The molecule has 4 aromatic carbocycles. The molecule has 2 aromatic heterocycles. The molecule has 71 heavy (non-hydrogen) atoms. The third kappa shape index (κ3) is 9.80. The first-order valence-corrected chi connectivity index (χ1v) is 27.2. The zero-order valence-corrected chi connectivity index (χ0v) is 42.5. The lowest BCUT2D eigenvalue weighted by molar-refractivity contribution is -0.136. The number of aromatic nitrogens is 4. The number of anilines is 6. The van der Waals surface area contributed by atoms with E-state index in [9.17, 15) is 23.7 Å². The lowest BCUT2D eigenvalue weighted by Gasteiger charge is -2.40. The second-order valence-corrected chi connectivity index (χ2v) is 23.0. The molecule has 3 saturated heterocycles. The summed E-state index contributed by atoms with van der Waals surface area (Å²) in [4.78, 5) is 69.3. The molecule has 0 saturated carbocycles. The molecule has 17 nitrogen and oxygen atoms in total. The summed E-state index contributed by atoms with van der Waals surface area (Å²) in [6.45, 7) is 9.20.